The number of para-hydroxylation sites is 1. The Balaban J connectivity index is 1.55. The molecule has 4 aromatic rings. The second-order valence-electron chi connectivity index (χ2n) is 8.06. The van der Waals surface area contributed by atoms with Crippen LogP contribution in [-0.2, 0) is 24.9 Å². The first kappa shape index (κ1) is 21.7. The van der Waals surface area contributed by atoms with E-state index >= 15 is 0 Å². The SMILES string of the molecule is COc1c(Nc2cc(CC(=O)C3CC3)ncc2-c2noc(CO)n2)cccc1-c1ncn(C)n1. The van der Waals surface area contributed by atoms with Crippen LogP contribution in [0.5, 0.6) is 5.75 Å². The number of rotatable bonds is 9. The molecule has 1 aromatic carbocycles. The van der Waals surface area contributed by atoms with Gasteiger partial charge in [0.25, 0.3) is 5.89 Å². The van der Waals surface area contributed by atoms with Crippen LogP contribution in [0.1, 0.15) is 24.4 Å². The number of aryl methyl sites for hydroxylation is 1. The number of hydrogen-bond acceptors (Lipinski definition) is 10. The van der Waals surface area contributed by atoms with Gasteiger partial charge in [0, 0.05) is 31.3 Å². The highest BCUT2D eigenvalue weighted by Gasteiger charge is 2.29. The van der Waals surface area contributed by atoms with Crippen molar-refractivity contribution < 1.29 is 19.2 Å². The van der Waals surface area contributed by atoms with Gasteiger partial charge in [0.05, 0.1) is 29.6 Å². The fourth-order valence-electron chi connectivity index (χ4n) is 3.67. The van der Waals surface area contributed by atoms with Crippen LogP contribution in [0, 0.1) is 5.92 Å². The average molecular weight is 461 g/mol. The minimum atomic E-state index is -0.371. The highest BCUT2D eigenvalue weighted by atomic mass is 16.5. The topological polar surface area (TPSA) is 141 Å². The van der Waals surface area contributed by atoms with Crippen molar-refractivity contribution in [3.05, 3.63) is 48.4 Å². The third-order valence-corrected chi connectivity index (χ3v) is 5.52. The number of nitrogens with zero attached hydrogens (tertiary/aromatic N) is 6. The molecule has 0 bridgehead atoms. The van der Waals surface area contributed by atoms with Crippen molar-refractivity contribution in [3.63, 3.8) is 0 Å². The quantitative estimate of drug-likeness (QED) is 0.382. The molecule has 11 nitrogen and oxygen atoms in total. The van der Waals surface area contributed by atoms with Gasteiger partial charge < -0.3 is 19.7 Å². The maximum Gasteiger partial charge on any atom is 0.252 e. The Bertz CT molecular complexity index is 1340. The molecule has 0 aliphatic heterocycles. The molecule has 11 heteroatoms. The van der Waals surface area contributed by atoms with Crippen LogP contribution in [-0.4, -0.2) is 47.9 Å². The van der Waals surface area contributed by atoms with E-state index in [2.05, 4.69) is 30.5 Å². The van der Waals surface area contributed by atoms with Gasteiger partial charge in [-0.1, -0.05) is 11.2 Å². The van der Waals surface area contributed by atoms with Gasteiger partial charge in [-0.2, -0.15) is 10.1 Å². The lowest BCUT2D eigenvalue weighted by atomic mass is 10.1. The van der Waals surface area contributed by atoms with Crippen molar-refractivity contribution in [2.24, 2.45) is 13.0 Å². The molecule has 0 unspecified atom stereocenters. The number of hydrogen-bond donors (Lipinski definition) is 2. The summed E-state index contributed by atoms with van der Waals surface area (Å²) in [5.74, 6) is 1.77. The van der Waals surface area contributed by atoms with Crippen LogP contribution in [0.25, 0.3) is 22.8 Å². The van der Waals surface area contributed by atoms with Crippen LogP contribution in [0.15, 0.2) is 41.3 Å². The predicted molar refractivity (Wildman–Crippen MR) is 121 cm³/mol. The van der Waals surface area contributed by atoms with Gasteiger partial charge in [-0.15, -0.1) is 0 Å². The van der Waals surface area contributed by atoms with Crippen molar-refractivity contribution in [2.75, 3.05) is 12.4 Å². The number of carbonyl (C=O) groups is 1. The summed E-state index contributed by atoms with van der Waals surface area (Å²) in [6.45, 7) is -0.371. The zero-order valence-electron chi connectivity index (χ0n) is 18.7. The largest absolute Gasteiger partial charge is 0.494 e. The van der Waals surface area contributed by atoms with E-state index in [0.717, 1.165) is 18.4 Å². The van der Waals surface area contributed by atoms with E-state index in [9.17, 15) is 9.90 Å². The van der Waals surface area contributed by atoms with Gasteiger partial charge in [-0.3, -0.25) is 14.5 Å². The van der Waals surface area contributed by atoms with Crippen molar-refractivity contribution in [2.45, 2.75) is 25.9 Å². The van der Waals surface area contributed by atoms with Crippen molar-refractivity contribution in [1.82, 2.24) is 29.9 Å². The highest BCUT2D eigenvalue weighted by molar-refractivity contribution is 5.86. The Labute approximate surface area is 194 Å². The Morgan fingerprint density at radius 1 is 1.24 bits per heavy atom. The summed E-state index contributed by atoms with van der Waals surface area (Å²) in [6.07, 6.45) is 5.36. The zero-order valence-corrected chi connectivity index (χ0v) is 18.7. The molecule has 0 radical (unpaired) electrons. The number of nitrogens with one attached hydrogen (secondary N) is 1. The normalized spacial score (nSPS) is 13.1. The van der Waals surface area contributed by atoms with Crippen LogP contribution in [0.3, 0.4) is 0 Å². The third kappa shape index (κ3) is 4.37. The van der Waals surface area contributed by atoms with Gasteiger partial charge in [0.15, 0.2) is 11.6 Å². The van der Waals surface area contributed by atoms with Gasteiger partial charge in [0.2, 0.25) is 5.82 Å². The van der Waals surface area contributed by atoms with Crippen molar-refractivity contribution in [3.8, 4) is 28.5 Å². The molecule has 0 spiro atoms. The van der Waals surface area contributed by atoms with E-state index in [4.69, 9.17) is 9.26 Å². The summed E-state index contributed by atoms with van der Waals surface area (Å²) >= 11 is 0. The van der Waals surface area contributed by atoms with Crippen molar-refractivity contribution in [1.29, 1.82) is 0 Å². The van der Waals surface area contributed by atoms with E-state index in [0.29, 0.717) is 34.2 Å². The number of pyridine rings is 1. The highest BCUT2D eigenvalue weighted by Crippen LogP contribution is 2.38. The lowest BCUT2D eigenvalue weighted by Gasteiger charge is -2.16. The number of benzene rings is 1. The average Bonchev–Trinajstić information content (AvgIpc) is 3.44. The summed E-state index contributed by atoms with van der Waals surface area (Å²) in [5, 5.41) is 21.0. The summed E-state index contributed by atoms with van der Waals surface area (Å²) in [6, 6.07) is 7.40. The summed E-state index contributed by atoms with van der Waals surface area (Å²) in [7, 11) is 3.37. The molecular formula is C23H23N7O4. The monoisotopic (exact) mass is 461 g/mol. The first-order chi connectivity index (χ1) is 16.6. The maximum absolute atomic E-state index is 12.4. The molecule has 1 saturated carbocycles. The molecular weight excluding hydrogens is 438 g/mol. The van der Waals surface area contributed by atoms with E-state index < -0.39 is 0 Å². The maximum atomic E-state index is 12.4. The molecule has 1 aliphatic carbocycles. The van der Waals surface area contributed by atoms with Crippen LogP contribution in [0.4, 0.5) is 11.4 Å². The lowest BCUT2D eigenvalue weighted by molar-refractivity contribution is -0.119. The number of aromatic nitrogens is 6. The van der Waals surface area contributed by atoms with Gasteiger partial charge in [0.1, 0.15) is 18.7 Å². The molecule has 3 aromatic heterocycles. The Kier molecular flexibility index (Phi) is 5.76. The molecule has 34 heavy (non-hydrogen) atoms. The van der Waals surface area contributed by atoms with Gasteiger partial charge in [-0.05, 0) is 31.0 Å². The third-order valence-electron chi connectivity index (χ3n) is 5.52. The lowest BCUT2D eigenvalue weighted by Crippen LogP contribution is -2.07. The molecule has 3 heterocycles. The first-order valence-corrected chi connectivity index (χ1v) is 10.8. The van der Waals surface area contributed by atoms with Crippen molar-refractivity contribution >= 4 is 17.2 Å². The number of aliphatic hydroxyl groups is 1. The van der Waals surface area contributed by atoms with Crippen LogP contribution in [0.2, 0.25) is 0 Å². The summed E-state index contributed by atoms with van der Waals surface area (Å²) < 4.78 is 12.4. The molecule has 174 valence electrons. The molecule has 1 fully saturated rings. The standard InChI is InChI=1S/C23H23N7O4/c1-30-12-25-22(28-30)15-4-3-5-17(21(15)33-2)26-18-8-14(9-19(32)13-6-7-13)24-10-16(18)23-27-20(11-31)34-29-23/h3-5,8,10,12-13,31H,6-7,9,11H2,1-2H3,(H,24,26). The van der Waals surface area contributed by atoms with Crippen LogP contribution < -0.4 is 10.1 Å². The van der Waals surface area contributed by atoms with Gasteiger partial charge in [-0.25, -0.2) is 4.98 Å². The second-order valence-corrected chi connectivity index (χ2v) is 8.06. The van der Waals surface area contributed by atoms with Gasteiger partial charge >= 0.3 is 0 Å². The number of anilines is 2. The number of ether oxygens (including phenoxy) is 1. The van der Waals surface area contributed by atoms with E-state index in [1.165, 1.54) is 0 Å². The minimum Gasteiger partial charge on any atom is -0.494 e. The number of aliphatic hydroxyl groups excluding tert-OH is 1. The first-order valence-electron chi connectivity index (χ1n) is 10.8. The number of Topliss-reactive ketones (excluding diaryl/α,β-unsaturated/α-hetero) is 1. The number of carbonyl (C=O) groups excluding carboxylic acids is 1. The Hall–Kier alpha value is -4.12. The Morgan fingerprint density at radius 3 is 2.76 bits per heavy atom. The fourth-order valence-corrected chi connectivity index (χ4v) is 3.67. The number of ketones is 1. The predicted octanol–water partition coefficient (Wildman–Crippen LogP) is 2.69. The summed E-state index contributed by atoms with van der Waals surface area (Å²) in [4.78, 5) is 25.4. The molecule has 1 aliphatic rings. The molecule has 0 atom stereocenters. The Morgan fingerprint density at radius 2 is 2.09 bits per heavy atom. The fraction of sp³-hybridized carbons (Fsp3) is 0.304. The zero-order chi connectivity index (χ0) is 23.7. The molecule has 2 N–H and O–H groups in total. The number of methoxy groups -OCH3 is 1. The smallest absolute Gasteiger partial charge is 0.252 e. The van der Waals surface area contributed by atoms with E-state index in [1.807, 2.05) is 18.2 Å². The van der Waals surface area contributed by atoms with Crippen LogP contribution >= 0.6 is 0 Å². The second kappa shape index (κ2) is 9.02. The van der Waals surface area contributed by atoms with E-state index in [1.54, 1.807) is 37.4 Å². The summed E-state index contributed by atoms with van der Waals surface area (Å²) in [5.41, 5.74) is 3.17. The molecule has 0 amide bonds. The van der Waals surface area contributed by atoms with E-state index in [-0.39, 0.29) is 36.4 Å². The minimum absolute atomic E-state index is 0.0924. The molecule has 0 saturated heterocycles. The molecule has 5 rings (SSSR count).